The van der Waals surface area contributed by atoms with Crippen molar-refractivity contribution in [1.29, 1.82) is 0 Å². The Morgan fingerprint density at radius 1 is 1.75 bits per heavy atom. The molecule has 1 N–H and O–H groups in total. The molecule has 0 aromatic rings. The predicted octanol–water partition coefficient (Wildman–Crippen LogP) is 0.548. The number of ether oxygens (including phenoxy) is 1. The highest BCUT2D eigenvalue weighted by Gasteiger charge is 2.35. The number of hydrogen-bond donors (Lipinski definition) is 1. The normalized spacial score (nSPS) is 36.8. The minimum Gasteiger partial charge on any atom is -0.393 e. The van der Waals surface area contributed by atoms with Crippen LogP contribution in [0.5, 0.6) is 0 Å². The molecular formula is C6H12O2. The Morgan fingerprint density at radius 3 is 2.38 bits per heavy atom. The third-order valence-electron chi connectivity index (χ3n) is 1.90. The van der Waals surface area contributed by atoms with Gasteiger partial charge in [0.2, 0.25) is 0 Å². The van der Waals surface area contributed by atoms with Gasteiger partial charge in [-0.1, -0.05) is 6.92 Å². The fraction of sp³-hybridized carbons (Fsp3) is 1.00. The van der Waals surface area contributed by atoms with Crippen LogP contribution in [0.2, 0.25) is 0 Å². The molecule has 1 heterocycles. The monoisotopic (exact) mass is 116 g/mol. The zero-order valence-corrected chi connectivity index (χ0v) is 5.18. The van der Waals surface area contributed by atoms with Gasteiger partial charge in [0.15, 0.2) is 0 Å². The van der Waals surface area contributed by atoms with Gasteiger partial charge in [-0.25, -0.2) is 0 Å². The summed E-state index contributed by atoms with van der Waals surface area (Å²) < 4.78 is 5.17. The Labute approximate surface area is 49.5 Å². The van der Waals surface area contributed by atoms with E-state index in [-0.39, 0.29) is 12.2 Å². The summed E-state index contributed by atoms with van der Waals surface area (Å²) in [4.78, 5) is 0. The van der Waals surface area contributed by atoms with Gasteiger partial charge in [-0.05, 0) is 6.42 Å². The quantitative estimate of drug-likeness (QED) is 0.570. The van der Waals surface area contributed by atoms with Crippen LogP contribution in [0.4, 0.5) is 0 Å². The topological polar surface area (TPSA) is 29.5 Å². The lowest BCUT2D eigenvalue weighted by atomic mass is 9.93. The summed E-state index contributed by atoms with van der Waals surface area (Å²) in [5.41, 5.74) is -0.139. The van der Waals surface area contributed by atoms with E-state index in [1.807, 2.05) is 6.92 Å². The van der Waals surface area contributed by atoms with Gasteiger partial charge in [0.1, 0.15) is 0 Å². The largest absolute Gasteiger partial charge is 0.393 e. The lowest BCUT2D eigenvalue weighted by molar-refractivity contribution is -0.171. The van der Waals surface area contributed by atoms with Crippen molar-refractivity contribution in [3.05, 3.63) is 0 Å². The second-order valence-corrected chi connectivity index (χ2v) is 2.29. The molecule has 0 aromatic carbocycles. The van der Waals surface area contributed by atoms with Gasteiger partial charge in [0.05, 0.1) is 18.8 Å². The Hall–Kier alpha value is -0.0800. The number of hydrogen-bond acceptors (Lipinski definition) is 2. The van der Waals surface area contributed by atoms with Crippen molar-refractivity contribution < 1.29 is 9.84 Å². The minimum atomic E-state index is -0.139. The predicted molar refractivity (Wildman–Crippen MR) is 30.7 cm³/mol. The van der Waals surface area contributed by atoms with E-state index < -0.39 is 0 Å². The summed E-state index contributed by atoms with van der Waals surface area (Å²) in [5, 5.41) is 8.71. The fourth-order valence-corrected chi connectivity index (χ4v) is 0.906. The standard InChI is InChI=1S/C6H12O2/c1-2-6(5-7)3-4-8-6/h7H,2-5H2,1H3. The van der Waals surface area contributed by atoms with Crippen molar-refractivity contribution in [2.45, 2.75) is 25.4 Å². The SMILES string of the molecule is CCC1(CO)CCO1. The van der Waals surface area contributed by atoms with Crippen molar-refractivity contribution in [2.75, 3.05) is 13.2 Å². The number of aliphatic hydroxyl groups excluding tert-OH is 1. The highest BCUT2D eigenvalue weighted by molar-refractivity contribution is 4.84. The van der Waals surface area contributed by atoms with Gasteiger partial charge >= 0.3 is 0 Å². The molecule has 0 saturated carbocycles. The first-order valence-electron chi connectivity index (χ1n) is 3.08. The molecule has 2 nitrogen and oxygen atoms in total. The van der Waals surface area contributed by atoms with Gasteiger partial charge in [-0.2, -0.15) is 0 Å². The average molecular weight is 116 g/mol. The van der Waals surface area contributed by atoms with Gasteiger partial charge in [-0.3, -0.25) is 0 Å². The first-order chi connectivity index (χ1) is 3.83. The van der Waals surface area contributed by atoms with Crippen LogP contribution in [0.25, 0.3) is 0 Å². The van der Waals surface area contributed by atoms with E-state index in [4.69, 9.17) is 9.84 Å². The first kappa shape index (κ1) is 6.05. The molecule has 0 radical (unpaired) electrons. The van der Waals surface area contributed by atoms with E-state index >= 15 is 0 Å². The Morgan fingerprint density at radius 2 is 2.38 bits per heavy atom. The van der Waals surface area contributed by atoms with Gasteiger partial charge in [0.25, 0.3) is 0 Å². The Balaban J connectivity index is 2.33. The molecule has 1 aliphatic heterocycles. The Bertz CT molecular complexity index is 63.1. The zero-order valence-electron chi connectivity index (χ0n) is 5.18. The molecule has 1 atom stereocenters. The van der Waals surface area contributed by atoms with E-state index in [2.05, 4.69) is 0 Å². The molecule has 0 spiro atoms. The molecule has 48 valence electrons. The van der Waals surface area contributed by atoms with Crippen LogP contribution in [-0.2, 0) is 4.74 Å². The lowest BCUT2D eigenvalue weighted by Gasteiger charge is -2.39. The Kier molecular flexibility index (Phi) is 1.54. The summed E-state index contributed by atoms with van der Waals surface area (Å²) >= 11 is 0. The third kappa shape index (κ3) is 0.740. The molecule has 1 fully saturated rings. The third-order valence-corrected chi connectivity index (χ3v) is 1.90. The second kappa shape index (κ2) is 2.03. The zero-order chi connectivity index (χ0) is 6.04. The maximum atomic E-state index is 8.71. The van der Waals surface area contributed by atoms with E-state index in [0.29, 0.717) is 0 Å². The van der Waals surface area contributed by atoms with Crippen LogP contribution in [0, 0.1) is 0 Å². The number of rotatable bonds is 2. The minimum absolute atomic E-state index is 0.139. The highest BCUT2D eigenvalue weighted by atomic mass is 16.5. The van der Waals surface area contributed by atoms with Gasteiger partial charge < -0.3 is 9.84 Å². The molecule has 0 aromatic heterocycles. The molecule has 1 saturated heterocycles. The first-order valence-corrected chi connectivity index (χ1v) is 3.08. The van der Waals surface area contributed by atoms with Crippen LogP contribution >= 0.6 is 0 Å². The molecule has 0 aliphatic carbocycles. The number of aliphatic hydroxyl groups is 1. The van der Waals surface area contributed by atoms with Crippen LogP contribution in [0.3, 0.4) is 0 Å². The summed E-state index contributed by atoms with van der Waals surface area (Å²) in [6.07, 6.45) is 1.96. The average Bonchev–Trinajstić information content (AvgIpc) is 1.67. The second-order valence-electron chi connectivity index (χ2n) is 2.29. The van der Waals surface area contributed by atoms with E-state index in [0.717, 1.165) is 19.4 Å². The summed E-state index contributed by atoms with van der Waals surface area (Å²) in [6.45, 7) is 3.05. The summed E-state index contributed by atoms with van der Waals surface area (Å²) in [6, 6.07) is 0. The molecule has 0 bridgehead atoms. The van der Waals surface area contributed by atoms with Crippen molar-refractivity contribution in [1.82, 2.24) is 0 Å². The van der Waals surface area contributed by atoms with Crippen LogP contribution in [0.15, 0.2) is 0 Å². The maximum Gasteiger partial charge on any atom is 0.0931 e. The van der Waals surface area contributed by atoms with E-state index in [1.165, 1.54) is 0 Å². The maximum absolute atomic E-state index is 8.71. The molecule has 8 heavy (non-hydrogen) atoms. The molecular weight excluding hydrogens is 104 g/mol. The molecule has 0 amide bonds. The molecule has 2 heteroatoms. The fourth-order valence-electron chi connectivity index (χ4n) is 0.906. The molecule has 1 unspecified atom stereocenters. The molecule has 1 aliphatic rings. The van der Waals surface area contributed by atoms with Crippen LogP contribution in [0.1, 0.15) is 19.8 Å². The van der Waals surface area contributed by atoms with Crippen LogP contribution < -0.4 is 0 Å². The van der Waals surface area contributed by atoms with Gasteiger partial charge in [0, 0.05) is 6.42 Å². The van der Waals surface area contributed by atoms with Crippen molar-refractivity contribution in [3.8, 4) is 0 Å². The van der Waals surface area contributed by atoms with Crippen molar-refractivity contribution in [2.24, 2.45) is 0 Å². The van der Waals surface area contributed by atoms with E-state index in [1.54, 1.807) is 0 Å². The summed E-state index contributed by atoms with van der Waals surface area (Å²) in [7, 11) is 0. The van der Waals surface area contributed by atoms with Crippen molar-refractivity contribution >= 4 is 0 Å². The summed E-state index contributed by atoms with van der Waals surface area (Å²) in [5.74, 6) is 0. The van der Waals surface area contributed by atoms with Gasteiger partial charge in [-0.15, -0.1) is 0 Å². The van der Waals surface area contributed by atoms with Crippen LogP contribution in [-0.4, -0.2) is 23.9 Å². The lowest BCUT2D eigenvalue weighted by Crippen LogP contribution is -2.46. The van der Waals surface area contributed by atoms with E-state index in [9.17, 15) is 0 Å². The van der Waals surface area contributed by atoms with Crippen molar-refractivity contribution in [3.63, 3.8) is 0 Å². The smallest absolute Gasteiger partial charge is 0.0931 e. The molecule has 1 rings (SSSR count). The highest BCUT2D eigenvalue weighted by Crippen LogP contribution is 2.28.